The number of carbonyl (C=O) groups is 1. The van der Waals surface area contributed by atoms with Crippen molar-refractivity contribution < 1.29 is 4.79 Å². The van der Waals surface area contributed by atoms with E-state index in [1.54, 1.807) is 0 Å². The van der Waals surface area contributed by atoms with Crippen LogP contribution in [0.2, 0.25) is 5.02 Å². The lowest BCUT2D eigenvalue weighted by atomic mass is 10.0. The first-order valence-corrected chi connectivity index (χ1v) is 6.37. The summed E-state index contributed by atoms with van der Waals surface area (Å²) in [5.41, 5.74) is 8.43. The van der Waals surface area contributed by atoms with Crippen molar-refractivity contribution >= 4 is 17.5 Å². The van der Waals surface area contributed by atoms with Crippen molar-refractivity contribution in [3.05, 3.63) is 59.1 Å². The van der Waals surface area contributed by atoms with Crippen LogP contribution in [0.15, 0.2) is 48.5 Å². The quantitative estimate of drug-likeness (QED) is 0.880. The standard InChI is InChI=1S/C15H15ClN2O/c16-14-7-5-13(6-8-14)12-3-1-11(2-4-12)9-18-10-15(17)19/h1-8,18H,9-10H2,(H2,17,19). The van der Waals surface area contributed by atoms with Gasteiger partial charge >= 0.3 is 0 Å². The first kappa shape index (κ1) is 13.6. The first-order chi connectivity index (χ1) is 9.15. The zero-order chi connectivity index (χ0) is 13.7. The second kappa shape index (κ2) is 6.36. The number of primary amides is 1. The van der Waals surface area contributed by atoms with Gasteiger partial charge in [-0.15, -0.1) is 0 Å². The Bertz CT molecular complexity index is 549. The van der Waals surface area contributed by atoms with Gasteiger partial charge in [-0.25, -0.2) is 0 Å². The van der Waals surface area contributed by atoms with Crippen LogP contribution in [0.25, 0.3) is 11.1 Å². The Labute approximate surface area is 117 Å². The van der Waals surface area contributed by atoms with Crippen LogP contribution in [0.3, 0.4) is 0 Å². The van der Waals surface area contributed by atoms with Crippen molar-refractivity contribution in [3.63, 3.8) is 0 Å². The molecule has 0 radical (unpaired) electrons. The Kier molecular flexibility index (Phi) is 4.55. The smallest absolute Gasteiger partial charge is 0.231 e. The molecule has 19 heavy (non-hydrogen) atoms. The Morgan fingerprint density at radius 1 is 1.00 bits per heavy atom. The summed E-state index contributed by atoms with van der Waals surface area (Å²) in [5.74, 6) is -0.349. The van der Waals surface area contributed by atoms with Crippen LogP contribution >= 0.6 is 11.6 Å². The van der Waals surface area contributed by atoms with Gasteiger partial charge in [0, 0.05) is 11.6 Å². The summed E-state index contributed by atoms with van der Waals surface area (Å²) in [6.45, 7) is 0.822. The average Bonchev–Trinajstić information content (AvgIpc) is 2.40. The molecule has 0 heterocycles. The molecule has 3 nitrogen and oxygen atoms in total. The number of nitrogens with one attached hydrogen (secondary N) is 1. The monoisotopic (exact) mass is 274 g/mol. The largest absolute Gasteiger partial charge is 0.369 e. The van der Waals surface area contributed by atoms with E-state index in [9.17, 15) is 4.79 Å². The van der Waals surface area contributed by atoms with Gasteiger partial charge in [0.1, 0.15) is 0 Å². The number of carbonyl (C=O) groups excluding carboxylic acids is 1. The summed E-state index contributed by atoms with van der Waals surface area (Å²) >= 11 is 5.86. The molecule has 0 fully saturated rings. The second-order valence-corrected chi connectivity index (χ2v) is 4.71. The molecule has 0 spiro atoms. The molecule has 1 amide bonds. The maximum Gasteiger partial charge on any atom is 0.231 e. The molecule has 0 aliphatic carbocycles. The summed E-state index contributed by atoms with van der Waals surface area (Å²) in [6, 6.07) is 15.9. The van der Waals surface area contributed by atoms with Gasteiger partial charge in [-0.2, -0.15) is 0 Å². The molecule has 0 aliphatic rings. The molecule has 2 aromatic carbocycles. The summed E-state index contributed by atoms with van der Waals surface area (Å²) in [4.78, 5) is 10.6. The third-order valence-electron chi connectivity index (χ3n) is 2.76. The molecule has 0 bridgehead atoms. The molecular weight excluding hydrogens is 260 g/mol. The summed E-state index contributed by atoms with van der Waals surface area (Å²) in [5, 5.41) is 3.71. The van der Waals surface area contributed by atoms with E-state index in [2.05, 4.69) is 5.32 Å². The Hall–Kier alpha value is -1.84. The molecule has 2 aromatic rings. The molecule has 0 aromatic heterocycles. The van der Waals surface area contributed by atoms with E-state index in [0.717, 1.165) is 21.7 Å². The first-order valence-electron chi connectivity index (χ1n) is 5.99. The number of hydrogen-bond acceptors (Lipinski definition) is 2. The zero-order valence-electron chi connectivity index (χ0n) is 10.4. The molecule has 0 saturated heterocycles. The van der Waals surface area contributed by atoms with Crippen molar-refractivity contribution in [2.75, 3.05) is 6.54 Å². The Morgan fingerprint density at radius 3 is 2.05 bits per heavy atom. The van der Waals surface area contributed by atoms with Crippen LogP contribution in [-0.4, -0.2) is 12.5 Å². The third-order valence-corrected chi connectivity index (χ3v) is 3.01. The minimum atomic E-state index is -0.349. The predicted octanol–water partition coefficient (Wildman–Crippen LogP) is 2.58. The highest BCUT2D eigenvalue weighted by Crippen LogP contribution is 2.21. The van der Waals surface area contributed by atoms with E-state index in [4.69, 9.17) is 17.3 Å². The summed E-state index contributed by atoms with van der Waals surface area (Å²) in [6.07, 6.45) is 0. The van der Waals surface area contributed by atoms with Crippen molar-refractivity contribution in [3.8, 4) is 11.1 Å². The highest BCUT2D eigenvalue weighted by Gasteiger charge is 1.99. The lowest BCUT2D eigenvalue weighted by molar-refractivity contribution is -0.117. The van der Waals surface area contributed by atoms with Crippen molar-refractivity contribution in [2.24, 2.45) is 5.73 Å². The van der Waals surface area contributed by atoms with Crippen LogP contribution in [-0.2, 0) is 11.3 Å². The fraction of sp³-hybridized carbons (Fsp3) is 0.133. The van der Waals surface area contributed by atoms with E-state index < -0.39 is 0 Å². The highest BCUT2D eigenvalue weighted by molar-refractivity contribution is 6.30. The van der Waals surface area contributed by atoms with Crippen LogP contribution < -0.4 is 11.1 Å². The lowest BCUT2D eigenvalue weighted by Gasteiger charge is -2.05. The normalized spacial score (nSPS) is 10.4. The number of hydrogen-bond donors (Lipinski definition) is 2. The predicted molar refractivity (Wildman–Crippen MR) is 77.8 cm³/mol. The van der Waals surface area contributed by atoms with Gasteiger partial charge in [0.15, 0.2) is 0 Å². The number of halogens is 1. The van der Waals surface area contributed by atoms with E-state index in [1.807, 2.05) is 48.5 Å². The SMILES string of the molecule is NC(=O)CNCc1ccc(-c2ccc(Cl)cc2)cc1. The number of amides is 1. The van der Waals surface area contributed by atoms with Gasteiger partial charge in [0.25, 0.3) is 0 Å². The molecule has 0 atom stereocenters. The number of rotatable bonds is 5. The van der Waals surface area contributed by atoms with Crippen LogP contribution in [0.4, 0.5) is 0 Å². The van der Waals surface area contributed by atoms with Gasteiger partial charge in [-0.1, -0.05) is 48.0 Å². The van der Waals surface area contributed by atoms with Gasteiger partial charge in [0.2, 0.25) is 5.91 Å². The second-order valence-electron chi connectivity index (χ2n) is 4.27. The third kappa shape index (κ3) is 4.09. The maximum atomic E-state index is 10.6. The van der Waals surface area contributed by atoms with E-state index in [-0.39, 0.29) is 12.5 Å². The zero-order valence-corrected chi connectivity index (χ0v) is 11.2. The molecule has 2 rings (SSSR count). The molecule has 0 saturated carbocycles. The van der Waals surface area contributed by atoms with E-state index in [0.29, 0.717) is 6.54 Å². The summed E-state index contributed by atoms with van der Waals surface area (Å²) in [7, 11) is 0. The van der Waals surface area contributed by atoms with Gasteiger partial charge < -0.3 is 11.1 Å². The Morgan fingerprint density at radius 2 is 1.53 bits per heavy atom. The van der Waals surface area contributed by atoms with Crippen molar-refractivity contribution in [1.29, 1.82) is 0 Å². The summed E-state index contributed by atoms with van der Waals surface area (Å²) < 4.78 is 0. The van der Waals surface area contributed by atoms with Gasteiger partial charge in [0.05, 0.1) is 6.54 Å². The topological polar surface area (TPSA) is 55.1 Å². The molecule has 0 unspecified atom stereocenters. The fourth-order valence-electron chi connectivity index (χ4n) is 1.79. The lowest BCUT2D eigenvalue weighted by Crippen LogP contribution is -2.28. The molecule has 4 heteroatoms. The maximum absolute atomic E-state index is 10.6. The van der Waals surface area contributed by atoms with Crippen LogP contribution in [0.1, 0.15) is 5.56 Å². The minimum Gasteiger partial charge on any atom is -0.369 e. The number of nitrogens with two attached hydrogens (primary N) is 1. The molecular formula is C15H15ClN2O. The fourth-order valence-corrected chi connectivity index (χ4v) is 1.91. The van der Waals surface area contributed by atoms with Crippen molar-refractivity contribution in [2.45, 2.75) is 6.54 Å². The highest BCUT2D eigenvalue weighted by atomic mass is 35.5. The number of benzene rings is 2. The molecule has 0 aliphatic heterocycles. The van der Waals surface area contributed by atoms with Crippen molar-refractivity contribution in [1.82, 2.24) is 5.32 Å². The van der Waals surface area contributed by atoms with E-state index >= 15 is 0 Å². The molecule has 98 valence electrons. The Balaban J connectivity index is 2.02. The minimum absolute atomic E-state index is 0.193. The van der Waals surface area contributed by atoms with Gasteiger partial charge in [-0.3, -0.25) is 4.79 Å². The van der Waals surface area contributed by atoms with Gasteiger partial charge in [-0.05, 0) is 28.8 Å². The van der Waals surface area contributed by atoms with E-state index in [1.165, 1.54) is 0 Å². The van der Waals surface area contributed by atoms with Crippen LogP contribution in [0, 0.1) is 0 Å². The van der Waals surface area contributed by atoms with Crippen LogP contribution in [0.5, 0.6) is 0 Å². The average molecular weight is 275 g/mol. The molecule has 3 N–H and O–H groups in total.